The van der Waals surface area contributed by atoms with E-state index in [1.165, 1.54) is 4.57 Å². The summed E-state index contributed by atoms with van der Waals surface area (Å²) in [5, 5.41) is 13.3. The predicted octanol–water partition coefficient (Wildman–Crippen LogP) is 3.74. The van der Waals surface area contributed by atoms with E-state index in [1.807, 2.05) is 36.4 Å². The number of rotatable bonds is 8. The van der Waals surface area contributed by atoms with Crippen molar-refractivity contribution < 1.29 is 29.0 Å². The molecule has 0 aliphatic rings. The highest BCUT2D eigenvalue weighted by Crippen LogP contribution is 2.29. The number of ketones is 1. The minimum atomic E-state index is -1.21. The van der Waals surface area contributed by atoms with Crippen LogP contribution in [-0.2, 0) is 19.1 Å². The first-order chi connectivity index (χ1) is 15.2. The summed E-state index contributed by atoms with van der Waals surface area (Å²) in [5.41, 5.74) is 1.29. The number of aliphatic carboxylic acids is 1. The van der Waals surface area contributed by atoms with Crippen molar-refractivity contribution in [1.82, 2.24) is 9.88 Å². The van der Waals surface area contributed by atoms with Crippen molar-refractivity contribution in [2.75, 3.05) is 0 Å². The van der Waals surface area contributed by atoms with Gasteiger partial charge in [-0.3, -0.25) is 14.4 Å². The van der Waals surface area contributed by atoms with Gasteiger partial charge in [0.25, 0.3) is 5.91 Å². The second-order valence-electron chi connectivity index (χ2n) is 7.90. The van der Waals surface area contributed by atoms with E-state index in [0.29, 0.717) is 11.0 Å². The summed E-state index contributed by atoms with van der Waals surface area (Å²) < 4.78 is 7.02. The minimum Gasteiger partial charge on any atom is -0.481 e. The molecule has 1 heterocycles. The zero-order valence-electron chi connectivity index (χ0n) is 18.2. The van der Waals surface area contributed by atoms with Crippen molar-refractivity contribution in [3.8, 4) is 0 Å². The lowest BCUT2D eigenvalue weighted by atomic mass is 10.0. The molecule has 8 nitrogen and oxygen atoms in total. The Morgan fingerprint density at radius 1 is 0.969 bits per heavy atom. The zero-order valence-corrected chi connectivity index (χ0v) is 18.2. The van der Waals surface area contributed by atoms with E-state index >= 15 is 0 Å². The quantitative estimate of drug-likeness (QED) is 0.554. The summed E-state index contributed by atoms with van der Waals surface area (Å²) in [5.74, 6) is -2.73. The van der Waals surface area contributed by atoms with Crippen molar-refractivity contribution >= 4 is 45.6 Å². The number of para-hydroxylation sites is 2. The van der Waals surface area contributed by atoms with E-state index in [1.54, 1.807) is 32.9 Å². The Morgan fingerprint density at radius 3 is 1.97 bits per heavy atom. The monoisotopic (exact) mass is 438 g/mol. The molecule has 0 saturated carbocycles. The first kappa shape index (κ1) is 23.0. The number of carboxylic acids is 1. The average Bonchev–Trinajstić information content (AvgIpc) is 3.10. The number of benzene rings is 2. The Morgan fingerprint density at radius 2 is 1.50 bits per heavy atom. The van der Waals surface area contributed by atoms with E-state index in [4.69, 9.17) is 9.84 Å². The van der Waals surface area contributed by atoms with Gasteiger partial charge in [-0.15, -0.1) is 0 Å². The number of Topliss-reactive ketones (excluding diaryl/α,β-unsaturated/α-hetero) is 1. The highest BCUT2D eigenvalue weighted by atomic mass is 16.6. The van der Waals surface area contributed by atoms with Gasteiger partial charge in [0.15, 0.2) is 11.9 Å². The van der Waals surface area contributed by atoms with E-state index < -0.39 is 48.2 Å². The van der Waals surface area contributed by atoms with Crippen LogP contribution in [0.25, 0.3) is 21.8 Å². The van der Waals surface area contributed by atoms with E-state index in [2.05, 4.69) is 5.32 Å². The second-order valence-corrected chi connectivity index (χ2v) is 7.90. The molecule has 1 aromatic heterocycles. The van der Waals surface area contributed by atoms with Crippen molar-refractivity contribution in [3.05, 3.63) is 48.5 Å². The number of ether oxygens (including phenoxy) is 1. The molecule has 168 valence electrons. The Kier molecular flexibility index (Phi) is 6.92. The summed E-state index contributed by atoms with van der Waals surface area (Å²) >= 11 is 0. The minimum absolute atomic E-state index is 0.0751. The average molecular weight is 438 g/mol. The van der Waals surface area contributed by atoms with Gasteiger partial charge in [-0.25, -0.2) is 9.36 Å². The molecule has 0 fully saturated rings. The van der Waals surface area contributed by atoms with Gasteiger partial charge in [-0.2, -0.15) is 0 Å². The predicted molar refractivity (Wildman–Crippen MR) is 119 cm³/mol. The standard InChI is InChI=1S/C24H26N2O6/c1-4-20(27)17(13-21(28)29)25-23(30)22(14(2)3)32-24(31)26-18-11-7-5-9-15(18)16-10-6-8-12-19(16)26/h5-12,14,17,22H,4,13H2,1-3H3,(H,25,30)(H,28,29)/t17?,22-/m0/s1. The Bertz CT molecular complexity index is 1130. The van der Waals surface area contributed by atoms with Crippen LogP contribution in [0.5, 0.6) is 0 Å². The number of carboxylic acid groups (broad SMARTS) is 1. The van der Waals surface area contributed by atoms with Crippen molar-refractivity contribution in [2.24, 2.45) is 5.92 Å². The Labute approximate surface area is 185 Å². The fourth-order valence-electron chi connectivity index (χ4n) is 3.69. The highest BCUT2D eigenvalue weighted by Gasteiger charge is 2.32. The van der Waals surface area contributed by atoms with Gasteiger partial charge in [0.2, 0.25) is 0 Å². The fourth-order valence-corrected chi connectivity index (χ4v) is 3.69. The van der Waals surface area contributed by atoms with Crippen LogP contribution in [-0.4, -0.2) is 45.6 Å². The molecule has 8 heteroatoms. The number of amides is 1. The van der Waals surface area contributed by atoms with Gasteiger partial charge < -0.3 is 15.2 Å². The summed E-state index contributed by atoms with van der Waals surface area (Å²) in [6.07, 6.45) is -2.40. The lowest BCUT2D eigenvalue weighted by Gasteiger charge is -2.24. The molecule has 0 spiro atoms. The van der Waals surface area contributed by atoms with Crippen LogP contribution in [0.1, 0.15) is 33.6 Å². The van der Waals surface area contributed by atoms with Crippen LogP contribution < -0.4 is 5.32 Å². The van der Waals surface area contributed by atoms with Gasteiger partial charge in [-0.05, 0) is 18.1 Å². The van der Waals surface area contributed by atoms with Crippen molar-refractivity contribution in [1.29, 1.82) is 0 Å². The molecular formula is C24H26N2O6. The third-order valence-corrected chi connectivity index (χ3v) is 5.29. The molecule has 2 aromatic carbocycles. The van der Waals surface area contributed by atoms with Gasteiger partial charge in [-0.1, -0.05) is 57.2 Å². The molecule has 2 N–H and O–H groups in total. The Balaban J connectivity index is 1.91. The summed E-state index contributed by atoms with van der Waals surface area (Å²) in [6, 6.07) is 13.6. The SMILES string of the molecule is CCC(=O)C(CC(=O)O)NC(=O)[C@@H](OC(=O)n1c2ccccc2c2ccccc21)C(C)C. The summed E-state index contributed by atoms with van der Waals surface area (Å²) in [6.45, 7) is 5.00. The highest BCUT2D eigenvalue weighted by molar-refractivity contribution is 6.12. The maximum atomic E-state index is 13.2. The molecule has 32 heavy (non-hydrogen) atoms. The first-order valence-corrected chi connectivity index (χ1v) is 10.5. The molecule has 3 rings (SSSR count). The number of carbonyl (C=O) groups excluding carboxylic acids is 3. The molecule has 2 atom stereocenters. The van der Waals surface area contributed by atoms with Crippen LogP contribution in [0.4, 0.5) is 4.79 Å². The van der Waals surface area contributed by atoms with Gasteiger partial charge >= 0.3 is 12.1 Å². The maximum absolute atomic E-state index is 13.2. The molecule has 0 saturated heterocycles. The fraction of sp³-hybridized carbons (Fsp3) is 0.333. The van der Waals surface area contributed by atoms with E-state index in [9.17, 15) is 19.2 Å². The normalized spacial score (nSPS) is 13.1. The molecule has 0 aliphatic carbocycles. The number of carbonyl (C=O) groups is 4. The third kappa shape index (κ3) is 4.64. The molecule has 1 unspecified atom stereocenters. The molecule has 0 radical (unpaired) electrons. The van der Waals surface area contributed by atoms with Crippen LogP contribution in [0.3, 0.4) is 0 Å². The van der Waals surface area contributed by atoms with Crippen LogP contribution in [0.15, 0.2) is 48.5 Å². The van der Waals surface area contributed by atoms with Gasteiger partial charge in [0.05, 0.1) is 23.5 Å². The van der Waals surface area contributed by atoms with E-state index in [0.717, 1.165) is 10.8 Å². The molecule has 0 bridgehead atoms. The lowest BCUT2D eigenvalue weighted by Crippen LogP contribution is -2.49. The number of hydrogen-bond donors (Lipinski definition) is 2. The van der Waals surface area contributed by atoms with E-state index in [-0.39, 0.29) is 6.42 Å². The topological polar surface area (TPSA) is 115 Å². The molecule has 1 amide bonds. The van der Waals surface area contributed by atoms with Crippen LogP contribution >= 0.6 is 0 Å². The zero-order chi connectivity index (χ0) is 23.4. The van der Waals surface area contributed by atoms with Gasteiger partial charge in [0.1, 0.15) is 0 Å². The van der Waals surface area contributed by atoms with Crippen LogP contribution in [0.2, 0.25) is 0 Å². The van der Waals surface area contributed by atoms with Crippen LogP contribution in [0, 0.1) is 5.92 Å². The maximum Gasteiger partial charge on any atom is 0.419 e. The number of aromatic nitrogens is 1. The van der Waals surface area contributed by atoms with Gasteiger partial charge in [0, 0.05) is 17.2 Å². The molecule has 0 aliphatic heterocycles. The number of nitrogens with zero attached hydrogens (tertiary/aromatic N) is 1. The molecule has 3 aromatic rings. The third-order valence-electron chi connectivity index (χ3n) is 5.29. The summed E-state index contributed by atoms with van der Waals surface area (Å²) in [4.78, 5) is 49.3. The smallest absolute Gasteiger partial charge is 0.419 e. The number of fused-ring (bicyclic) bond motifs is 3. The second kappa shape index (κ2) is 9.64. The number of nitrogens with one attached hydrogen (secondary N) is 1. The summed E-state index contributed by atoms with van der Waals surface area (Å²) in [7, 11) is 0. The van der Waals surface area contributed by atoms with Crippen molar-refractivity contribution in [3.63, 3.8) is 0 Å². The lowest BCUT2D eigenvalue weighted by molar-refractivity contribution is -0.141. The molecular weight excluding hydrogens is 412 g/mol. The van der Waals surface area contributed by atoms with Crippen molar-refractivity contribution in [2.45, 2.75) is 45.8 Å². The number of hydrogen-bond acceptors (Lipinski definition) is 5. The largest absolute Gasteiger partial charge is 0.481 e. The Hall–Kier alpha value is -3.68. The first-order valence-electron chi connectivity index (χ1n) is 10.5.